The number of fused-ring (bicyclic) bond motifs is 1. The quantitative estimate of drug-likeness (QED) is 0.0469. The molecule has 2 N–H and O–H groups in total. The second-order valence-corrected chi connectivity index (χ2v) is 18.2. The first kappa shape index (κ1) is 47.6. The van der Waals surface area contributed by atoms with E-state index in [4.69, 9.17) is 14.2 Å². The van der Waals surface area contributed by atoms with E-state index in [1.807, 2.05) is 93.7 Å². The average Bonchev–Trinajstić information content (AvgIpc) is 3.71. The van der Waals surface area contributed by atoms with Crippen molar-refractivity contribution in [1.29, 1.82) is 0 Å². The second-order valence-electron chi connectivity index (χ2n) is 18.2. The summed E-state index contributed by atoms with van der Waals surface area (Å²) >= 11 is 0. The fourth-order valence-electron chi connectivity index (χ4n) is 8.68. The lowest BCUT2D eigenvalue weighted by atomic mass is 9.63. The fourth-order valence-corrected chi connectivity index (χ4v) is 8.68. The third-order valence-electron chi connectivity index (χ3n) is 11.5. The Labute approximate surface area is 344 Å². The summed E-state index contributed by atoms with van der Waals surface area (Å²) in [7, 11) is 0. The van der Waals surface area contributed by atoms with Crippen LogP contribution in [-0.2, 0) is 23.8 Å². The van der Waals surface area contributed by atoms with Crippen molar-refractivity contribution in [3.05, 3.63) is 113 Å². The molecule has 7 heteroatoms. The first-order chi connectivity index (χ1) is 26.6. The average molecular weight is 785 g/mol. The smallest absolute Gasteiger partial charge is 0.306 e. The Bertz CT molecular complexity index is 1710. The minimum atomic E-state index is -1.12. The number of carbonyl (C=O) groups is 2. The monoisotopic (exact) mass is 785 g/mol. The number of rotatable bonds is 18. The highest BCUT2D eigenvalue weighted by molar-refractivity contribution is 5.69. The number of allylic oxidation sites excluding steroid dienone is 13. The topological polar surface area (TPSA) is 106 Å². The van der Waals surface area contributed by atoms with Gasteiger partial charge in [-0.05, 0) is 82.6 Å². The zero-order chi connectivity index (χ0) is 42.5. The van der Waals surface area contributed by atoms with Crippen LogP contribution < -0.4 is 0 Å². The van der Waals surface area contributed by atoms with Crippen molar-refractivity contribution in [2.45, 2.75) is 169 Å². The molecule has 5 unspecified atom stereocenters. The minimum absolute atomic E-state index is 0.173. The molecule has 5 atom stereocenters. The summed E-state index contributed by atoms with van der Waals surface area (Å²) in [5.74, 6) is -0.500. The van der Waals surface area contributed by atoms with Gasteiger partial charge >= 0.3 is 11.9 Å². The van der Waals surface area contributed by atoms with Crippen molar-refractivity contribution >= 4 is 11.9 Å². The van der Waals surface area contributed by atoms with Crippen molar-refractivity contribution in [2.24, 2.45) is 10.8 Å². The summed E-state index contributed by atoms with van der Waals surface area (Å²) in [5, 5.41) is 21.7. The zero-order valence-electron chi connectivity index (χ0n) is 36.9. The molecule has 0 amide bonds. The van der Waals surface area contributed by atoms with E-state index in [-0.39, 0.29) is 41.6 Å². The van der Waals surface area contributed by atoms with Gasteiger partial charge in [-0.1, -0.05) is 138 Å². The molecule has 0 aromatic carbocycles. The number of ether oxygens (including phenoxy) is 3. The highest BCUT2D eigenvalue weighted by Crippen LogP contribution is 2.66. The van der Waals surface area contributed by atoms with E-state index in [2.05, 4.69) is 53.3 Å². The fraction of sp³-hybridized carbons (Fsp3) is 0.580. The number of hydrogen-bond acceptors (Lipinski definition) is 7. The van der Waals surface area contributed by atoms with Gasteiger partial charge in [0.15, 0.2) is 0 Å². The molecular formula is C50H72O7. The molecule has 3 rings (SSSR count). The second kappa shape index (κ2) is 20.8. The van der Waals surface area contributed by atoms with Gasteiger partial charge in [0.1, 0.15) is 23.9 Å². The van der Waals surface area contributed by atoms with E-state index in [0.29, 0.717) is 32.1 Å². The first-order valence-corrected chi connectivity index (χ1v) is 21.0. The highest BCUT2D eigenvalue weighted by atomic mass is 16.6. The molecule has 0 bridgehead atoms. The number of hydrogen-bond donors (Lipinski definition) is 2. The van der Waals surface area contributed by atoms with E-state index in [0.717, 1.165) is 47.1 Å². The first-order valence-electron chi connectivity index (χ1n) is 21.0. The van der Waals surface area contributed by atoms with Gasteiger partial charge < -0.3 is 24.4 Å². The summed E-state index contributed by atoms with van der Waals surface area (Å²) in [6.45, 7) is 22.1. The zero-order valence-corrected chi connectivity index (χ0v) is 36.9. The Morgan fingerprint density at radius 1 is 0.789 bits per heavy atom. The van der Waals surface area contributed by atoms with Crippen LogP contribution in [0.25, 0.3) is 0 Å². The van der Waals surface area contributed by atoms with Gasteiger partial charge in [-0.15, -0.1) is 5.73 Å². The summed E-state index contributed by atoms with van der Waals surface area (Å²) in [5.41, 5.74) is 5.62. The van der Waals surface area contributed by atoms with Crippen molar-refractivity contribution in [1.82, 2.24) is 0 Å². The lowest BCUT2D eigenvalue weighted by molar-refractivity contribution is -0.152. The highest BCUT2D eigenvalue weighted by Gasteiger charge is 2.74. The van der Waals surface area contributed by atoms with Crippen LogP contribution in [0.5, 0.6) is 0 Å². The lowest BCUT2D eigenvalue weighted by Crippen LogP contribution is -2.46. The molecule has 1 heterocycles. The predicted octanol–water partition coefficient (Wildman–Crippen LogP) is 11.2. The van der Waals surface area contributed by atoms with Crippen LogP contribution in [0.2, 0.25) is 0 Å². The van der Waals surface area contributed by atoms with Crippen molar-refractivity contribution in [3.8, 4) is 0 Å². The van der Waals surface area contributed by atoms with Gasteiger partial charge in [-0.25, -0.2) is 0 Å². The maximum absolute atomic E-state index is 12.6. The van der Waals surface area contributed by atoms with Gasteiger partial charge in [0.25, 0.3) is 0 Å². The minimum Gasteiger partial charge on any atom is -0.462 e. The Hall–Kier alpha value is -3.74. The van der Waals surface area contributed by atoms with Gasteiger partial charge in [-0.3, -0.25) is 9.59 Å². The molecule has 1 aliphatic heterocycles. The molecule has 3 fully saturated rings. The molecule has 2 aliphatic carbocycles. The number of carbonyl (C=O) groups excluding carboxylic acids is 2. The van der Waals surface area contributed by atoms with Crippen LogP contribution in [0.1, 0.15) is 140 Å². The van der Waals surface area contributed by atoms with E-state index in [1.54, 1.807) is 6.92 Å². The van der Waals surface area contributed by atoms with Gasteiger partial charge in [0, 0.05) is 37.2 Å². The van der Waals surface area contributed by atoms with E-state index in [1.165, 1.54) is 19.8 Å². The Morgan fingerprint density at radius 2 is 1.40 bits per heavy atom. The largest absolute Gasteiger partial charge is 0.462 e. The summed E-state index contributed by atoms with van der Waals surface area (Å²) in [6.07, 6.45) is 33.6. The standard InChI is InChI=1S/C50H72O7/c1-12-13-14-15-16-27-45(53)55-36-41(30-31-50-47(8,9)32-42(52)33-49(50,11)57-50)26-20-25-38(3)22-18-17-21-37(2)23-19-24-39(4)28-29-44-46(6,7)34-43(56-40(5)51)35-48(44,10)54/h17-26,28,30-31,42-43,52,54H,12-16,27,32-36H2,1-11H3. The Kier molecular flexibility index (Phi) is 17.4. The number of aliphatic hydroxyl groups excluding tert-OH is 1. The van der Waals surface area contributed by atoms with Gasteiger partial charge in [0.2, 0.25) is 0 Å². The van der Waals surface area contributed by atoms with Crippen LogP contribution in [0.15, 0.2) is 113 Å². The number of esters is 2. The summed E-state index contributed by atoms with van der Waals surface area (Å²) in [4.78, 5) is 24.1. The van der Waals surface area contributed by atoms with Crippen LogP contribution in [0.3, 0.4) is 0 Å². The number of unbranched alkanes of at least 4 members (excludes halogenated alkanes) is 4. The molecule has 57 heavy (non-hydrogen) atoms. The maximum Gasteiger partial charge on any atom is 0.306 e. The van der Waals surface area contributed by atoms with Crippen LogP contribution >= 0.6 is 0 Å². The molecule has 2 saturated carbocycles. The molecule has 0 aromatic rings. The molecular weight excluding hydrogens is 713 g/mol. The van der Waals surface area contributed by atoms with E-state index < -0.39 is 16.8 Å². The van der Waals surface area contributed by atoms with E-state index >= 15 is 0 Å². The van der Waals surface area contributed by atoms with Crippen LogP contribution in [0, 0.1) is 10.8 Å². The molecule has 3 aliphatic rings. The van der Waals surface area contributed by atoms with Crippen molar-refractivity contribution in [3.63, 3.8) is 0 Å². The molecule has 0 aromatic heterocycles. The normalized spacial score (nSPS) is 29.2. The molecule has 1 saturated heterocycles. The van der Waals surface area contributed by atoms with Gasteiger partial charge in [-0.2, -0.15) is 0 Å². The van der Waals surface area contributed by atoms with Crippen molar-refractivity contribution < 1.29 is 34.0 Å². The summed E-state index contributed by atoms with van der Waals surface area (Å²) < 4.78 is 17.5. The lowest BCUT2D eigenvalue weighted by Gasteiger charge is -2.44. The van der Waals surface area contributed by atoms with Crippen LogP contribution in [0.4, 0.5) is 0 Å². The SMILES string of the molecule is CCCCCCCC(=O)OCC(C=CC12OC1(C)CC(O)CC2(C)C)=CC=CC(C)=CC=CC=C(C)C=CC=C(C)C=C=C1C(C)(C)CC(OC(C)=O)CC1(C)O. The molecule has 314 valence electrons. The third kappa shape index (κ3) is 14.2. The number of epoxide rings is 1. The number of aliphatic hydroxyl groups is 2. The predicted molar refractivity (Wildman–Crippen MR) is 232 cm³/mol. The molecule has 7 nitrogen and oxygen atoms in total. The van der Waals surface area contributed by atoms with Crippen LogP contribution in [-0.4, -0.2) is 57.8 Å². The van der Waals surface area contributed by atoms with Crippen molar-refractivity contribution in [2.75, 3.05) is 6.61 Å². The molecule has 0 spiro atoms. The Morgan fingerprint density at radius 3 is 2.00 bits per heavy atom. The maximum atomic E-state index is 12.6. The third-order valence-corrected chi connectivity index (χ3v) is 11.5. The molecule has 0 radical (unpaired) electrons. The van der Waals surface area contributed by atoms with Gasteiger partial charge in [0.05, 0.1) is 11.7 Å². The Balaban J connectivity index is 1.64. The van der Waals surface area contributed by atoms with E-state index in [9.17, 15) is 19.8 Å². The summed E-state index contributed by atoms with van der Waals surface area (Å²) in [6, 6.07) is 0.